The van der Waals surface area contributed by atoms with Gasteiger partial charge in [-0.25, -0.2) is 4.98 Å². The number of H-pyrrole nitrogens is 1. The number of ether oxygens (including phenoxy) is 1. The fraction of sp³-hybridized carbons (Fsp3) is 0.250. The Balaban J connectivity index is 1.47. The van der Waals surface area contributed by atoms with E-state index >= 15 is 0 Å². The number of aromatic amines is 1. The van der Waals surface area contributed by atoms with Crippen molar-refractivity contribution < 1.29 is 9.53 Å². The Morgan fingerprint density at radius 3 is 2.50 bits per heavy atom. The molecule has 0 saturated carbocycles. The van der Waals surface area contributed by atoms with Crippen molar-refractivity contribution in [2.24, 2.45) is 0 Å². The Hall–Kier alpha value is -3.15. The van der Waals surface area contributed by atoms with Crippen LogP contribution in [0.4, 0.5) is 0 Å². The molecule has 1 saturated heterocycles. The smallest absolute Gasteiger partial charge is 0.257 e. The first-order valence-corrected chi connectivity index (χ1v) is 8.78. The largest absolute Gasteiger partial charge is 0.457 e. The van der Waals surface area contributed by atoms with E-state index in [-0.39, 0.29) is 5.91 Å². The lowest BCUT2D eigenvalue weighted by Gasteiger charge is -2.31. The van der Waals surface area contributed by atoms with Crippen molar-refractivity contribution in [3.63, 3.8) is 0 Å². The van der Waals surface area contributed by atoms with Crippen LogP contribution >= 0.6 is 0 Å². The highest BCUT2D eigenvalue weighted by Gasteiger charge is 2.27. The van der Waals surface area contributed by atoms with Crippen molar-refractivity contribution in [3.8, 4) is 11.5 Å². The molecular weight excluding hydrogens is 328 g/mol. The number of amides is 1. The zero-order chi connectivity index (χ0) is 17.8. The Labute approximate surface area is 151 Å². The molecular formula is C20H20N4O2. The Morgan fingerprint density at radius 1 is 1.04 bits per heavy atom. The Kier molecular flexibility index (Phi) is 4.64. The number of likely N-dealkylation sites (tertiary alicyclic amines) is 1. The fourth-order valence-corrected chi connectivity index (χ4v) is 3.29. The van der Waals surface area contributed by atoms with E-state index in [0.717, 1.165) is 24.4 Å². The van der Waals surface area contributed by atoms with Crippen LogP contribution in [0.5, 0.6) is 11.5 Å². The number of piperidine rings is 1. The second kappa shape index (κ2) is 7.39. The number of hydrogen-bond acceptors (Lipinski definition) is 4. The Bertz CT molecular complexity index is 857. The summed E-state index contributed by atoms with van der Waals surface area (Å²) in [5.41, 5.74) is 0.592. The molecule has 1 aromatic heterocycles. The van der Waals surface area contributed by atoms with Gasteiger partial charge in [0.2, 0.25) is 0 Å². The third-order valence-corrected chi connectivity index (χ3v) is 4.69. The van der Waals surface area contributed by atoms with Crippen molar-refractivity contribution in [1.29, 1.82) is 0 Å². The molecule has 0 unspecified atom stereocenters. The summed E-state index contributed by atoms with van der Waals surface area (Å²) in [7, 11) is 0. The lowest BCUT2D eigenvalue weighted by molar-refractivity contribution is 0.0708. The number of nitrogens with zero attached hydrogens (tertiary/aromatic N) is 3. The van der Waals surface area contributed by atoms with Crippen LogP contribution in [0, 0.1) is 0 Å². The molecule has 1 fully saturated rings. The number of nitrogens with one attached hydrogen (secondary N) is 1. The molecule has 0 bridgehead atoms. The summed E-state index contributed by atoms with van der Waals surface area (Å²) in [6, 6.07) is 16.9. The molecule has 2 aromatic carbocycles. The highest BCUT2D eigenvalue weighted by Crippen LogP contribution is 2.29. The van der Waals surface area contributed by atoms with Gasteiger partial charge in [-0.1, -0.05) is 30.3 Å². The Morgan fingerprint density at radius 2 is 1.77 bits per heavy atom. The van der Waals surface area contributed by atoms with E-state index in [1.54, 1.807) is 0 Å². The third-order valence-electron chi connectivity index (χ3n) is 4.69. The van der Waals surface area contributed by atoms with Crippen LogP contribution in [0.2, 0.25) is 0 Å². The predicted molar refractivity (Wildman–Crippen MR) is 97.2 cm³/mol. The lowest BCUT2D eigenvalue weighted by atomic mass is 9.95. The van der Waals surface area contributed by atoms with Crippen LogP contribution in [-0.4, -0.2) is 39.1 Å². The van der Waals surface area contributed by atoms with Crippen LogP contribution in [0.3, 0.4) is 0 Å². The van der Waals surface area contributed by atoms with Gasteiger partial charge in [0.1, 0.15) is 23.7 Å². The minimum Gasteiger partial charge on any atom is -0.457 e. The maximum atomic E-state index is 13.0. The highest BCUT2D eigenvalue weighted by molar-refractivity contribution is 5.97. The molecule has 1 amide bonds. The van der Waals surface area contributed by atoms with E-state index in [1.807, 2.05) is 59.5 Å². The normalized spacial score (nSPS) is 15.0. The van der Waals surface area contributed by atoms with Crippen LogP contribution in [0.25, 0.3) is 0 Å². The number of aromatic nitrogens is 3. The van der Waals surface area contributed by atoms with Crippen molar-refractivity contribution in [3.05, 3.63) is 72.3 Å². The van der Waals surface area contributed by atoms with Gasteiger partial charge in [-0.2, -0.15) is 5.10 Å². The molecule has 6 heteroatoms. The molecule has 6 nitrogen and oxygen atoms in total. The quantitative estimate of drug-likeness (QED) is 0.782. The summed E-state index contributed by atoms with van der Waals surface area (Å²) in [4.78, 5) is 19.1. The first kappa shape index (κ1) is 16.3. The topological polar surface area (TPSA) is 71.1 Å². The van der Waals surface area contributed by atoms with Gasteiger partial charge in [0, 0.05) is 19.0 Å². The van der Waals surface area contributed by atoms with Crippen molar-refractivity contribution >= 4 is 5.91 Å². The van der Waals surface area contributed by atoms with Gasteiger partial charge in [-0.05, 0) is 37.1 Å². The van der Waals surface area contributed by atoms with Crippen LogP contribution < -0.4 is 4.74 Å². The standard InChI is InChI=1S/C20H20N4O2/c25-20(24-12-10-15(11-13-24)19-21-14-22-23-19)17-8-4-5-9-18(17)26-16-6-2-1-3-7-16/h1-9,14-15H,10-13H2,(H,21,22,23). The minimum absolute atomic E-state index is 0.00699. The molecule has 1 N–H and O–H groups in total. The predicted octanol–water partition coefficient (Wildman–Crippen LogP) is 3.62. The zero-order valence-electron chi connectivity index (χ0n) is 14.3. The van der Waals surface area contributed by atoms with E-state index in [4.69, 9.17) is 4.74 Å². The van der Waals surface area contributed by atoms with E-state index in [1.165, 1.54) is 6.33 Å². The molecule has 26 heavy (non-hydrogen) atoms. The number of carbonyl (C=O) groups excluding carboxylic acids is 1. The second-order valence-corrected chi connectivity index (χ2v) is 6.35. The van der Waals surface area contributed by atoms with E-state index in [2.05, 4.69) is 15.2 Å². The van der Waals surface area contributed by atoms with Crippen LogP contribution in [0.15, 0.2) is 60.9 Å². The molecule has 132 valence electrons. The summed E-state index contributed by atoms with van der Waals surface area (Å²) in [6.45, 7) is 1.40. The van der Waals surface area contributed by atoms with Crippen molar-refractivity contribution in [2.75, 3.05) is 13.1 Å². The first-order chi connectivity index (χ1) is 12.8. The number of para-hydroxylation sites is 2. The molecule has 0 radical (unpaired) electrons. The summed E-state index contributed by atoms with van der Waals surface area (Å²) in [5.74, 6) is 2.55. The number of carbonyl (C=O) groups is 1. The number of rotatable bonds is 4. The van der Waals surface area contributed by atoms with Crippen LogP contribution in [0.1, 0.15) is 34.9 Å². The molecule has 0 atom stereocenters. The van der Waals surface area contributed by atoms with Crippen LogP contribution in [-0.2, 0) is 0 Å². The average Bonchev–Trinajstić information content (AvgIpc) is 3.24. The van der Waals surface area contributed by atoms with E-state index in [9.17, 15) is 4.79 Å². The summed E-state index contributed by atoms with van der Waals surface area (Å²) < 4.78 is 5.93. The van der Waals surface area contributed by atoms with Gasteiger partial charge in [0.05, 0.1) is 5.56 Å². The summed E-state index contributed by atoms with van der Waals surface area (Å²) in [5, 5.41) is 6.85. The van der Waals surface area contributed by atoms with Gasteiger partial charge in [0.15, 0.2) is 0 Å². The van der Waals surface area contributed by atoms with Gasteiger partial charge in [0.25, 0.3) is 5.91 Å². The first-order valence-electron chi connectivity index (χ1n) is 8.78. The molecule has 0 aliphatic carbocycles. The maximum Gasteiger partial charge on any atom is 0.257 e. The van der Waals surface area contributed by atoms with Gasteiger partial charge >= 0.3 is 0 Å². The lowest BCUT2D eigenvalue weighted by Crippen LogP contribution is -2.38. The maximum absolute atomic E-state index is 13.0. The highest BCUT2D eigenvalue weighted by atomic mass is 16.5. The summed E-state index contributed by atoms with van der Waals surface area (Å²) >= 11 is 0. The third kappa shape index (κ3) is 3.44. The minimum atomic E-state index is 0.00699. The number of hydrogen-bond donors (Lipinski definition) is 1. The van der Waals surface area contributed by atoms with Crippen molar-refractivity contribution in [1.82, 2.24) is 20.1 Å². The monoisotopic (exact) mass is 348 g/mol. The molecule has 1 aliphatic rings. The average molecular weight is 348 g/mol. The summed E-state index contributed by atoms with van der Waals surface area (Å²) in [6.07, 6.45) is 3.29. The van der Waals surface area contributed by atoms with E-state index in [0.29, 0.717) is 30.3 Å². The molecule has 4 rings (SSSR count). The molecule has 0 spiro atoms. The fourth-order valence-electron chi connectivity index (χ4n) is 3.29. The van der Waals surface area contributed by atoms with Gasteiger partial charge in [-0.3, -0.25) is 9.89 Å². The van der Waals surface area contributed by atoms with Gasteiger partial charge < -0.3 is 9.64 Å². The van der Waals surface area contributed by atoms with E-state index < -0.39 is 0 Å². The number of benzene rings is 2. The van der Waals surface area contributed by atoms with Gasteiger partial charge in [-0.15, -0.1) is 0 Å². The second-order valence-electron chi connectivity index (χ2n) is 6.35. The molecule has 3 aromatic rings. The zero-order valence-corrected chi connectivity index (χ0v) is 14.3. The molecule has 2 heterocycles. The molecule has 1 aliphatic heterocycles. The van der Waals surface area contributed by atoms with Crippen molar-refractivity contribution in [2.45, 2.75) is 18.8 Å². The SMILES string of the molecule is O=C(c1ccccc1Oc1ccccc1)N1CCC(c2ncn[nH]2)CC1.